The fraction of sp³-hybridized carbons (Fsp3) is 0.200. The molecule has 0 unspecified atom stereocenters. The first-order valence-electron chi connectivity index (χ1n) is 8.18. The van der Waals surface area contributed by atoms with Gasteiger partial charge >= 0.3 is 0 Å². The number of anilines is 3. The molecular formula is C20H22N4O. The number of phenols is 1. The maximum absolute atomic E-state index is 9.42. The van der Waals surface area contributed by atoms with Crippen molar-refractivity contribution < 1.29 is 5.11 Å². The van der Waals surface area contributed by atoms with Gasteiger partial charge in [-0.05, 0) is 45.0 Å². The Kier molecular flexibility index (Phi) is 4.57. The zero-order valence-corrected chi connectivity index (χ0v) is 14.6. The average molecular weight is 334 g/mol. The molecule has 0 spiro atoms. The minimum Gasteiger partial charge on any atom is -0.508 e. The SMILES string of the molecule is CC(C)(C)Nc1nc(Nc2ccc(O)cc2)cc(-c2ccccc2)n1. The molecular weight excluding hydrogens is 312 g/mol. The highest BCUT2D eigenvalue weighted by Crippen LogP contribution is 2.25. The molecule has 0 atom stereocenters. The van der Waals surface area contributed by atoms with Gasteiger partial charge in [-0.3, -0.25) is 0 Å². The number of benzene rings is 2. The molecule has 0 aliphatic carbocycles. The first-order valence-corrected chi connectivity index (χ1v) is 8.18. The lowest BCUT2D eigenvalue weighted by Crippen LogP contribution is -2.27. The van der Waals surface area contributed by atoms with E-state index in [-0.39, 0.29) is 11.3 Å². The molecule has 1 heterocycles. The van der Waals surface area contributed by atoms with Crippen LogP contribution in [0.3, 0.4) is 0 Å². The van der Waals surface area contributed by atoms with E-state index in [1.165, 1.54) is 0 Å². The quantitative estimate of drug-likeness (QED) is 0.598. The number of aromatic hydroxyl groups is 1. The van der Waals surface area contributed by atoms with Gasteiger partial charge in [-0.1, -0.05) is 30.3 Å². The zero-order valence-electron chi connectivity index (χ0n) is 14.6. The molecule has 0 saturated heterocycles. The van der Waals surface area contributed by atoms with E-state index >= 15 is 0 Å². The van der Waals surface area contributed by atoms with Gasteiger partial charge in [-0.15, -0.1) is 0 Å². The molecule has 2 aromatic carbocycles. The molecule has 3 aromatic rings. The Labute approximate surface area is 147 Å². The van der Waals surface area contributed by atoms with Crippen LogP contribution in [0.2, 0.25) is 0 Å². The average Bonchev–Trinajstić information content (AvgIpc) is 2.56. The third-order valence-electron chi connectivity index (χ3n) is 3.42. The molecule has 0 amide bonds. The Hall–Kier alpha value is -3.08. The van der Waals surface area contributed by atoms with E-state index in [1.54, 1.807) is 24.3 Å². The van der Waals surface area contributed by atoms with Gasteiger partial charge in [0.15, 0.2) is 0 Å². The van der Waals surface area contributed by atoms with E-state index in [1.807, 2.05) is 36.4 Å². The van der Waals surface area contributed by atoms with Crippen molar-refractivity contribution in [2.45, 2.75) is 26.3 Å². The molecule has 3 rings (SSSR count). The summed E-state index contributed by atoms with van der Waals surface area (Å²) in [5, 5.41) is 16.0. The first-order chi connectivity index (χ1) is 11.9. The summed E-state index contributed by atoms with van der Waals surface area (Å²) in [6.45, 7) is 6.20. The number of nitrogens with zero attached hydrogens (tertiary/aromatic N) is 2. The topological polar surface area (TPSA) is 70.1 Å². The van der Waals surface area contributed by atoms with Crippen LogP contribution in [-0.2, 0) is 0 Å². The van der Waals surface area contributed by atoms with Crippen LogP contribution in [0.15, 0.2) is 60.7 Å². The molecule has 5 heteroatoms. The van der Waals surface area contributed by atoms with Crippen molar-refractivity contribution in [3.8, 4) is 17.0 Å². The highest BCUT2D eigenvalue weighted by atomic mass is 16.3. The van der Waals surface area contributed by atoms with Crippen molar-refractivity contribution in [3.05, 3.63) is 60.7 Å². The van der Waals surface area contributed by atoms with Crippen LogP contribution < -0.4 is 10.6 Å². The summed E-state index contributed by atoms with van der Waals surface area (Å²) in [4.78, 5) is 9.21. The van der Waals surface area contributed by atoms with Gasteiger partial charge in [0.2, 0.25) is 5.95 Å². The predicted octanol–water partition coefficient (Wildman–Crippen LogP) is 4.80. The lowest BCUT2D eigenvalue weighted by atomic mass is 10.1. The van der Waals surface area contributed by atoms with Gasteiger partial charge in [-0.25, -0.2) is 4.98 Å². The van der Waals surface area contributed by atoms with Gasteiger partial charge in [0.25, 0.3) is 0 Å². The van der Waals surface area contributed by atoms with E-state index < -0.39 is 0 Å². The Balaban J connectivity index is 1.98. The molecule has 25 heavy (non-hydrogen) atoms. The highest BCUT2D eigenvalue weighted by molar-refractivity contribution is 5.67. The molecule has 128 valence electrons. The molecule has 5 nitrogen and oxygen atoms in total. The second-order valence-electron chi connectivity index (χ2n) is 6.87. The standard InChI is InChI=1S/C20H22N4O/c1-20(2,3)24-19-22-17(14-7-5-4-6-8-14)13-18(23-19)21-15-9-11-16(25)12-10-15/h4-13,25H,1-3H3,(H2,21,22,23,24). The molecule has 0 aliphatic heterocycles. The number of rotatable bonds is 4. The number of phenolic OH excluding ortho intramolecular Hbond substituents is 1. The van der Waals surface area contributed by atoms with E-state index in [2.05, 4.69) is 41.4 Å². The third kappa shape index (κ3) is 4.70. The lowest BCUT2D eigenvalue weighted by Gasteiger charge is -2.21. The zero-order chi connectivity index (χ0) is 17.9. The monoisotopic (exact) mass is 334 g/mol. The van der Waals surface area contributed by atoms with Gasteiger partial charge in [-0.2, -0.15) is 4.98 Å². The summed E-state index contributed by atoms with van der Waals surface area (Å²) in [6, 6.07) is 18.8. The molecule has 0 fully saturated rings. The van der Waals surface area contributed by atoms with E-state index in [9.17, 15) is 5.11 Å². The van der Waals surface area contributed by atoms with E-state index in [4.69, 9.17) is 0 Å². The second-order valence-corrected chi connectivity index (χ2v) is 6.87. The van der Waals surface area contributed by atoms with Crippen molar-refractivity contribution in [3.63, 3.8) is 0 Å². The van der Waals surface area contributed by atoms with Crippen LogP contribution in [0.4, 0.5) is 17.5 Å². The Morgan fingerprint density at radius 3 is 2.20 bits per heavy atom. The summed E-state index contributed by atoms with van der Waals surface area (Å²) in [7, 11) is 0. The van der Waals surface area contributed by atoms with Crippen LogP contribution in [0.25, 0.3) is 11.3 Å². The minimum atomic E-state index is -0.148. The maximum Gasteiger partial charge on any atom is 0.225 e. The number of aromatic nitrogens is 2. The Bertz CT molecular complexity index is 840. The van der Waals surface area contributed by atoms with Crippen LogP contribution >= 0.6 is 0 Å². The van der Waals surface area contributed by atoms with Crippen LogP contribution in [-0.4, -0.2) is 20.6 Å². The normalized spacial score (nSPS) is 11.2. The number of hydrogen-bond acceptors (Lipinski definition) is 5. The first kappa shape index (κ1) is 16.8. The fourth-order valence-corrected chi connectivity index (χ4v) is 2.35. The summed E-state index contributed by atoms with van der Waals surface area (Å²) < 4.78 is 0. The summed E-state index contributed by atoms with van der Waals surface area (Å²) >= 11 is 0. The van der Waals surface area contributed by atoms with Crippen molar-refractivity contribution in [1.29, 1.82) is 0 Å². The molecule has 0 saturated carbocycles. The minimum absolute atomic E-state index is 0.148. The van der Waals surface area contributed by atoms with Gasteiger partial charge in [0.1, 0.15) is 11.6 Å². The van der Waals surface area contributed by atoms with Gasteiger partial charge in [0, 0.05) is 22.9 Å². The maximum atomic E-state index is 9.42. The third-order valence-corrected chi connectivity index (χ3v) is 3.42. The highest BCUT2D eigenvalue weighted by Gasteiger charge is 2.14. The van der Waals surface area contributed by atoms with E-state index in [0.717, 1.165) is 16.9 Å². The van der Waals surface area contributed by atoms with Crippen LogP contribution in [0.5, 0.6) is 5.75 Å². The van der Waals surface area contributed by atoms with Crippen molar-refractivity contribution >= 4 is 17.5 Å². The van der Waals surface area contributed by atoms with Gasteiger partial charge < -0.3 is 15.7 Å². The van der Waals surface area contributed by atoms with Crippen LogP contribution in [0, 0.1) is 0 Å². The predicted molar refractivity (Wildman–Crippen MR) is 102 cm³/mol. The molecule has 3 N–H and O–H groups in total. The Morgan fingerprint density at radius 1 is 0.880 bits per heavy atom. The molecule has 0 aliphatic rings. The second kappa shape index (κ2) is 6.81. The molecule has 0 radical (unpaired) electrons. The summed E-state index contributed by atoms with van der Waals surface area (Å²) in [6.07, 6.45) is 0. The van der Waals surface area contributed by atoms with Crippen molar-refractivity contribution in [1.82, 2.24) is 9.97 Å². The smallest absolute Gasteiger partial charge is 0.225 e. The summed E-state index contributed by atoms with van der Waals surface area (Å²) in [5.74, 6) is 1.48. The fourth-order valence-electron chi connectivity index (χ4n) is 2.35. The van der Waals surface area contributed by atoms with E-state index in [0.29, 0.717) is 11.8 Å². The Morgan fingerprint density at radius 2 is 1.56 bits per heavy atom. The summed E-state index contributed by atoms with van der Waals surface area (Å²) in [5.41, 5.74) is 2.56. The van der Waals surface area contributed by atoms with Gasteiger partial charge in [0.05, 0.1) is 5.69 Å². The van der Waals surface area contributed by atoms with Crippen molar-refractivity contribution in [2.75, 3.05) is 10.6 Å². The van der Waals surface area contributed by atoms with Crippen LogP contribution in [0.1, 0.15) is 20.8 Å². The number of hydrogen-bond donors (Lipinski definition) is 3. The molecule has 1 aromatic heterocycles. The largest absolute Gasteiger partial charge is 0.508 e. The lowest BCUT2D eigenvalue weighted by molar-refractivity contribution is 0.475. The molecule has 0 bridgehead atoms. The number of nitrogens with one attached hydrogen (secondary N) is 2. The van der Waals surface area contributed by atoms with Crippen molar-refractivity contribution in [2.24, 2.45) is 0 Å².